The van der Waals surface area contributed by atoms with Gasteiger partial charge >= 0.3 is 0 Å². The van der Waals surface area contributed by atoms with E-state index in [9.17, 15) is 4.79 Å². The molecule has 1 heterocycles. The summed E-state index contributed by atoms with van der Waals surface area (Å²) in [6, 6.07) is 7.79. The van der Waals surface area contributed by atoms with Crippen LogP contribution in [0.1, 0.15) is 24.7 Å². The predicted octanol–water partition coefficient (Wildman–Crippen LogP) is 2.78. The number of hydrogen-bond acceptors (Lipinski definition) is 2. The number of benzene rings is 1. The maximum atomic E-state index is 12.0. The summed E-state index contributed by atoms with van der Waals surface area (Å²) in [6.07, 6.45) is 5.51. The SMILES string of the molecule is CCCc1nccn1CC(=O)Nc1cccc(C)c1. The second kappa shape index (κ2) is 6.18. The fraction of sp³-hybridized carbons (Fsp3) is 0.333. The van der Waals surface area contributed by atoms with Crippen molar-refractivity contribution in [1.29, 1.82) is 0 Å². The fourth-order valence-corrected chi connectivity index (χ4v) is 2.01. The number of aromatic nitrogens is 2. The summed E-state index contributed by atoms with van der Waals surface area (Å²) >= 11 is 0. The molecule has 4 nitrogen and oxygen atoms in total. The first kappa shape index (κ1) is 13.3. The molecule has 1 aromatic carbocycles. The molecule has 0 aliphatic carbocycles. The molecule has 0 bridgehead atoms. The van der Waals surface area contributed by atoms with Crippen molar-refractivity contribution < 1.29 is 4.79 Å². The molecule has 2 rings (SSSR count). The van der Waals surface area contributed by atoms with Gasteiger partial charge in [0.05, 0.1) is 0 Å². The molecular formula is C15H19N3O. The van der Waals surface area contributed by atoms with E-state index in [1.807, 2.05) is 42.0 Å². The molecule has 1 aromatic heterocycles. The van der Waals surface area contributed by atoms with E-state index in [4.69, 9.17) is 0 Å². The summed E-state index contributed by atoms with van der Waals surface area (Å²) in [5, 5.41) is 2.90. The number of amides is 1. The van der Waals surface area contributed by atoms with Crippen LogP contribution in [-0.4, -0.2) is 15.5 Å². The number of hydrogen-bond donors (Lipinski definition) is 1. The maximum Gasteiger partial charge on any atom is 0.244 e. The molecule has 1 amide bonds. The summed E-state index contributed by atoms with van der Waals surface area (Å²) in [5.74, 6) is 0.933. The van der Waals surface area contributed by atoms with E-state index in [1.54, 1.807) is 6.20 Å². The topological polar surface area (TPSA) is 46.9 Å². The quantitative estimate of drug-likeness (QED) is 0.895. The molecule has 0 unspecified atom stereocenters. The highest BCUT2D eigenvalue weighted by Crippen LogP contribution is 2.10. The largest absolute Gasteiger partial charge is 0.326 e. The highest BCUT2D eigenvalue weighted by Gasteiger charge is 2.07. The van der Waals surface area contributed by atoms with Crippen molar-refractivity contribution in [3.8, 4) is 0 Å². The van der Waals surface area contributed by atoms with Gasteiger partial charge in [-0.05, 0) is 31.0 Å². The molecule has 0 fully saturated rings. The predicted molar refractivity (Wildman–Crippen MR) is 76.0 cm³/mol. The third-order valence-electron chi connectivity index (χ3n) is 2.89. The van der Waals surface area contributed by atoms with Crippen LogP contribution in [0, 0.1) is 6.92 Å². The van der Waals surface area contributed by atoms with Crippen LogP contribution in [0.4, 0.5) is 5.69 Å². The second-order valence-corrected chi connectivity index (χ2v) is 4.64. The van der Waals surface area contributed by atoms with Crippen molar-refractivity contribution in [2.45, 2.75) is 33.2 Å². The van der Waals surface area contributed by atoms with E-state index < -0.39 is 0 Å². The number of nitrogens with zero attached hydrogens (tertiary/aromatic N) is 2. The van der Waals surface area contributed by atoms with Crippen molar-refractivity contribution in [2.24, 2.45) is 0 Å². The third kappa shape index (κ3) is 3.68. The molecule has 0 saturated heterocycles. The average molecular weight is 257 g/mol. The summed E-state index contributed by atoms with van der Waals surface area (Å²) in [5.41, 5.74) is 1.97. The number of nitrogens with one attached hydrogen (secondary N) is 1. The first-order valence-corrected chi connectivity index (χ1v) is 6.55. The number of carbonyl (C=O) groups excluding carboxylic acids is 1. The third-order valence-corrected chi connectivity index (χ3v) is 2.89. The summed E-state index contributed by atoms with van der Waals surface area (Å²) in [7, 11) is 0. The van der Waals surface area contributed by atoms with Gasteiger partial charge in [0.15, 0.2) is 0 Å². The summed E-state index contributed by atoms with van der Waals surface area (Å²) in [4.78, 5) is 16.3. The zero-order valence-electron chi connectivity index (χ0n) is 11.4. The van der Waals surface area contributed by atoms with Crippen LogP contribution in [0.5, 0.6) is 0 Å². The Bertz CT molecular complexity index is 560. The normalized spacial score (nSPS) is 10.4. The smallest absolute Gasteiger partial charge is 0.244 e. The fourth-order valence-electron chi connectivity index (χ4n) is 2.01. The second-order valence-electron chi connectivity index (χ2n) is 4.64. The van der Waals surface area contributed by atoms with E-state index >= 15 is 0 Å². The lowest BCUT2D eigenvalue weighted by Gasteiger charge is -2.08. The van der Waals surface area contributed by atoms with Crippen LogP contribution in [0.25, 0.3) is 0 Å². The molecule has 0 saturated carbocycles. The van der Waals surface area contributed by atoms with Crippen molar-refractivity contribution in [2.75, 3.05) is 5.32 Å². The summed E-state index contributed by atoms with van der Waals surface area (Å²) < 4.78 is 1.90. The highest BCUT2D eigenvalue weighted by atomic mass is 16.1. The minimum Gasteiger partial charge on any atom is -0.326 e. The summed E-state index contributed by atoms with van der Waals surface area (Å²) in [6.45, 7) is 4.42. The Balaban J connectivity index is 1.99. The van der Waals surface area contributed by atoms with E-state index in [2.05, 4.69) is 17.2 Å². The molecule has 1 N–H and O–H groups in total. The number of carbonyl (C=O) groups is 1. The molecular weight excluding hydrogens is 238 g/mol. The Morgan fingerprint density at radius 2 is 2.26 bits per heavy atom. The van der Waals surface area contributed by atoms with Crippen LogP contribution in [0.15, 0.2) is 36.7 Å². The van der Waals surface area contributed by atoms with Crippen molar-refractivity contribution >= 4 is 11.6 Å². The lowest BCUT2D eigenvalue weighted by molar-refractivity contribution is -0.116. The minimum atomic E-state index is -0.0269. The highest BCUT2D eigenvalue weighted by molar-refractivity contribution is 5.90. The molecule has 2 aromatic rings. The number of aryl methyl sites for hydroxylation is 2. The van der Waals surface area contributed by atoms with Gasteiger partial charge in [0.25, 0.3) is 0 Å². The van der Waals surface area contributed by atoms with E-state index in [0.29, 0.717) is 6.54 Å². The average Bonchev–Trinajstić information content (AvgIpc) is 2.77. The van der Waals surface area contributed by atoms with Crippen molar-refractivity contribution in [3.05, 3.63) is 48.0 Å². The van der Waals surface area contributed by atoms with Gasteiger partial charge in [-0.1, -0.05) is 19.1 Å². The van der Waals surface area contributed by atoms with Crippen LogP contribution in [0.3, 0.4) is 0 Å². The molecule has 100 valence electrons. The number of anilines is 1. The Morgan fingerprint density at radius 1 is 1.42 bits per heavy atom. The Hall–Kier alpha value is -2.10. The van der Waals surface area contributed by atoms with Crippen molar-refractivity contribution in [1.82, 2.24) is 9.55 Å². The molecule has 4 heteroatoms. The van der Waals surface area contributed by atoms with Gasteiger partial charge in [0.2, 0.25) is 5.91 Å². The number of rotatable bonds is 5. The molecule has 0 aliphatic rings. The monoisotopic (exact) mass is 257 g/mol. The van der Waals surface area contributed by atoms with Gasteiger partial charge in [-0.15, -0.1) is 0 Å². The zero-order chi connectivity index (χ0) is 13.7. The van der Waals surface area contributed by atoms with Gasteiger partial charge in [-0.3, -0.25) is 4.79 Å². The van der Waals surface area contributed by atoms with E-state index in [1.165, 1.54) is 0 Å². The van der Waals surface area contributed by atoms with E-state index in [-0.39, 0.29) is 5.91 Å². The lowest BCUT2D eigenvalue weighted by Crippen LogP contribution is -2.19. The lowest BCUT2D eigenvalue weighted by atomic mass is 10.2. The van der Waals surface area contributed by atoms with E-state index in [0.717, 1.165) is 29.9 Å². The van der Waals surface area contributed by atoms with Crippen LogP contribution in [0.2, 0.25) is 0 Å². The van der Waals surface area contributed by atoms with Gasteiger partial charge < -0.3 is 9.88 Å². The zero-order valence-corrected chi connectivity index (χ0v) is 11.4. The minimum absolute atomic E-state index is 0.0269. The van der Waals surface area contributed by atoms with Gasteiger partial charge in [0, 0.05) is 24.5 Å². The van der Waals surface area contributed by atoms with Gasteiger partial charge in [-0.25, -0.2) is 4.98 Å². The van der Waals surface area contributed by atoms with Gasteiger partial charge in [-0.2, -0.15) is 0 Å². The number of imidazole rings is 1. The standard InChI is InChI=1S/C15H19N3O/c1-3-5-14-16-8-9-18(14)11-15(19)17-13-7-4-6-12(2)10-13/h4,6-10H,3,5,11H2,1-2H3,(H,17,19). The Morgan fingerprint density at radius 3 is 3.00 bits per heavy atom. The first-order chi connectivity index (χ1) is 9.19. The van der Waals surface area contributed by atoms with Crippen molar-refractivity contribution in [3.63, 3.8) is 0 Å². The maximum absolute atomic E-state index is 12.0. The van der Waals surface area contributed by atoms with Crippen LogP contribution < -0.4 is 5.32 Å². The molecule has 0 radical (unpaired) electrons. The molecule has 0 spiro atoms. The molecule has 0 aliphatic heterocycles. The Labute approximate surface area is 113 Å². The van der Waals surface area contributed by atoms with Gasteiger partial charge in [0.1, 0.15) is 12.4 Å². The van der Waals surface area contributed by atoms with Crippen LogP contribution in [-0.2, 0) is 17.8 Å². The molecule has 19 heavy (non-hydrogen) atoms. The van der Waals surface area contributed by atoms with Crippen LogP contribution >= 0.6 is 0 Å². The molecule has 0 atom stereocenters. The Kier molecular flexibility index (Phi) is 4.34. The first-order valence-electron chi connectivity index (χ1n) is 6.55.